The lowest BCUT2D eigenvalue weighted by Gasteiger charge is -2.22. The first-order valence-electron chi connectivity index (χ1n) is 10.4. The second-order valence-corrected chi connectivity index (χ2v) is 8.86. The fourth-order valence-corrected chi connectivity index (χ4v) is 4.56. The molecule has 0 radical (unpaired) electrons. The molecule has 30 heavy (non-hydrogen) atoms. The lowest BCUT2D eigenvalue weighted by atomic mass is 9.95. The summed E-state index contributed by atoms with van der Waals surface area (Å²) >= 11 is 7.26. The number of aromatic nitrogens is 3. The van der Waals surface area contributed by atoms with Crippen LogP contribution in [-0.2, 0) is 11.3 Å². The Balaban J connectivity index is 1.57. The van der Waals surface area contributed by atoms with Crippen molar-refractivity contribution in [1.29, 1.82) is 0 Å². The third kappa shape index (κ3) is 5.98. The first-order valence-corrected chi connectivity index (χ1v) is 11.8. The molecule has 7 nitrogen and oxygen atoms in total. The molecule has 1 aliphatic rings. The molecule has 1 saturated carbocycles. The van der Waals surface area contributed by atoms with Gasteiger partial charge in [-0.25, -0.2) is 0 Å². The second kappa shape index (κ2) is 10.8. The maximum absolute atomic E-state index is 12.5. The number of carbonyl (C=O) groups excluding carboxylic acids is 2. The molecule has 1 aliphatic carbocycles. The molecule has 0 saturated heterocycles. The van der Waals surface area contributed by atoms with Crippen LogP contribution in [0.4, 0.5) is 0 Å². The van der Waals surface area contributed by atoms with Gasteiger partial charge >= 0.3 is 0 Å². The van der Waals surface area contributed by atoms with Crippen LogP contribution in [0, 0.1) is 0 Å². The number of rotatable bonds is 8. The van der Waals surface area contributed by atoms with Crippen LogP contribution >= 0.6 is 23.4 Å². The van der Waals surface area contributed by atoms with E-state index in [1.807, 2.05) is 18.4 Å². The summed E-state index contributed by atoms with van der Waals surface area (Å²) in [5.74, 6) is 0.796. The van der Waals surface area contributed by atoms with Gasteiger partial charge < -0.3 is 15.2 Å². The van der Waals surface area contributed by atoms with E-state index < -0.39 is 0 Å². The minimum Gasteiger partial charge on any atom is -0.353 e. The highest BCUT2D eigenvalue weighted by molar-refractivity contribution is 7.99. The number of carbonyl (C=O) groups is 2. The van der Waals surface area contributed by atoms with Crippen LogP contribution in [0.25, 0.3) is 0 Å². The fourth-order valence-electron chi connectivity index (χ4n) is 3.62. The Morgan fingerprint density at radius 1 is 1.20 bits per heavy atom. The van der Waals surface area contributed by atoms with Gasteiger partial charge in [-0.05, 0) is 51.0 Å². The van der Waals surface area contributed by atoms with E-state index in [1.54, 1.807) is 24.3 Å². The quantitative estimate of drug-likeness (QED) is 0.595. The monoisotopic (exact) mass is 449 g/mol. The highest BCUT2D eigenvalue weighted by Crippen LogP contribution is 2.22. The zero-order chi connectivity index (χ0) is 21.5. The Kier molecular flexibility index (Phi) is 8.16. The van der Waals surface area contributed by atoms with Gasteiger partial charge in [0.2, 0.25) is 5.91 Å². The summed E-state index contributed by atoms with van der Waals surface area (Å²) in [5.41, 5.74) is 0.530. The van der Waals surface area contributed by atoms with Gasteiger partial charge in [0.25, 0.3) is 5.91 Å². The molecule has 1 aromatic carbocycles. The Morgan fingerprint density at radius 3 is 2.57 bits per heavy atom. The standard InChI is InChI=1S/C21H28ClN5O2S/c1-3-27-19(14(2)23-20(29)15-9-11-16(22)12-10-15)25-26-21(27)30-13-18(28)24-17-7-5-4-6-8-17/h9-12,14,17H,3-8,13H2,1-2H3,(H,23,29)(H,24,28). The third-order valence-corrected chi connectivity index (χ3v) is 6.42. The molecule has 2 N–H and O–H groups in total. The molecule has 0 bridgehead atoms. The molecule has 162 valence electrons. The van der Waals surface area contributed by atoms with E-state index in [0.717, 1.165) is 12.8 Å². The summed E-state index contributed by atoms with van der Waals surface area (Å²) in [5, 5.41) is 15.8. The lowest BCUT2D eigenvalue weighted by Crippen LogP contribution is -2.37. The van der Waals surface area contributed by atoms with E-state index in [9.17, 15) is 9.59 Å². The largest absolute Gasteiger partial charge is 0.353 e. The van der Waals surface area contributed by atoms with Gasteiger partial charge in [-0.1, -0.05) is 42.6 Å². The average Bonchev–Trinajstić information content (AvgIpc) is 3.16. The van der Waals surface area contributed by atoms with Gasteiger partial charge in [0.1, 0.15) is 0 Å². The van der Waals surface area contributed by atoms with Crippen LogP contribution in [0.15, 0.2) is 29.4 Å². The maximum atomic E-state index is 12.5. The van der Waals surface area contributed by atoms with E-state index in [2.05, 4.69) is 20.8 Å². The SMILES string of the molecule is CCn1c(SCC(=O)NC2CCCCC2)nnc1C(C)NC(=O)c1ccc(Cl)cc1. The van der Waals surface area contributed by atoms with E-state index in [0.29, 0.717) is 39.9 Å². The molecule has 1 aromatic heterocycles. The van der Waals surface area contributed by atoms with Gasteiger partial charge in [0.05, 0.1) is 11.8 Å². The number of hydrogen-bond acceptors (Lipinski definition) is 5. The summed E-state index contributed by atoms with van der Waals surface area (Å²) in [7, 11) is 0. The zero-order valence-corrected chi connectivity index (χ0v) is 18.9. The zero-order valence-electron chi connectivity index (χ0n) is 17.4. The topological polar surface area (TPSA) is 88.9 Å². The van der Waals surface area contributed by atoms with Crippen molar-refractivity contribution in [2.75, 3.05) is 5.75 Å². The van der Waals surface area contributed by atoms with Crippen molar-refractivity contribution in [3.05, 3.63) is 40.7 Å². The summed E-state index contributed by atoms with van der Waals surface area (Å²) in [4.78, 5) is 24.8. The van der Waals surface area contributed by atoms with Crippen LogP contribution in [0.5, 0.6) is 0 Å². The van der Waals surface area contributed by atoms with Gasteiger partial charge in [-0.15, -0.1) is 10.2 Å². The van der Waals surface area contributed by atoms with Crippen LogP contribution in [0.1, 0.15) is 68.2 Å². The van der Waals surface area contributed by atoms with Crippen molar-refractivity contribution in [1.82, 2.24) is 25.4 Å². The van der Waals surface area contributed by atoms with Crippen molar-refractivity contribution in [2.45, 2.75) is 69.7 Å². The molecule has 2 aromatic rings. The second-order valence-electron chi connectivity index (χ2n) is 7.48. The van der Waals surface area contributed by atoms with Gasteiger partial charge in [0.15, 0.2) is 11.0 Å². The van der Waals surface area contributed by atoms with E-state index in [-0.39, 0.29) is 17.9 Å². The number of hydrogen-bond donors (Lipinski definition) is 2. The normalized spacial score (nSPS) is 15.6. The van der Waals surface area contributed by atoms with E-state index in [1.165, 1.54) is 31.0 Å². The van der Waals surface area contributed by atoms with Crippen LogP contribution in [-0.4, -0.2) is 38.4 Å². The minimum absolute atomic E-state index is 0.0307. The highest BCUT2D eigenvalue weighted by Gasteiger charge is 2.21. The molecule has 1 unspecified atom stereocenters. The predicted molar refractivity (Wildman–Crippen MR) is 119 cm³/mol. The first kappa shape index (κ1) is 22.6. The van der Waals surface area contributed by atoms with Crippen molar-refractivity contribution >= 4 is 35.2 Å². The Bertz CT molecular complexity index is 865. The number of halogens is 1. The van der Waals surface area contributed by atoms with Crippen LogP contribution < -0.4 is 10.6 Å². The van der Waals surface area contributed by atoms with Crippen molar-refractivity contribution in [3.63, 3.8) is 0 Å². The van der Waals surface area contributed by atoms with Crippen LogP contribution in [0.2, 0.25) is 5.02 Å². The summed E-state index contributed by atoms with van der Waals surface area (Å²) in [6.07, 6.45) is 5.76. The van der Waals surface area contributed by atoms with Gasteiger partial charge in [-0.2, -0.15) is 0 Å². The molecule has 3 rings (SSSR count). The van der Waals surface area contributed by atoms with Crippen molar-refractivity contribution < 1.29 is 9.59 Å². The number of nitrogens with zero attached hydrogens (tertiary/aromatic N) is 3. The number of thioether (sulfide) groups is 1. The number of benzene rings is 1. The summed E-state index contributed by atoms with van der Waals surface area (Å²) < 4.78 is 1.94. The van der Waals surface area contributed by atoms with Gasteiger partial charge in [0, 0.05) is 23.2 Å². The smallest absolute Gasteiger partial charge is 0.251 e. The Hall–Kier alpha value is -2.06. The van der Waals surface area contributed by atoms with E-state index in [4.69, 9.17) is 11.6 Å². The van der Waals surface area contributed by atoms with Crippen molar-refractivity contribution in [3.8, 4) is 0 Å². The number of nitrogens with one attached hydrogen (secondary N) is 2. The molecule has 1 atom stereocenters. The summed E-state index contributed by atoms with van der Waals surface area (Å²) in [6, 6.07) is 6.70. The average molecular weight is 450 g/mol. The molecule has 1 heterocycles. The molecule has 0 spiro atoms. The Labute approximate surface area is 186 Å². The molecular weight excluding hydrogens is 422 g/mol. The number of amides is 2. The highest BCUT2D eigenvalue weighted by atomic mass is 35.5. The Morgan fingerprint density at radius 2 is 1.90 bits per heavy atom. The molecule has 0 aliphatic heterocycles. The predicted octanol–water partition coefficient (Wildman–Crippen LogP) is 3.98. The molecule has 2 amide bonds. The van der Waals surface area contributed by atoms with Crippen LogP contribution in [0.3, 0.4) is 0 Å². The first-order chi connectivity index (χ1) is 14.5. The maximum Gasteiger partial charge on any atom is 0.251 e. The van der Waals surface area contributed by atoms with Crippen molar-refractivity contribution in [2.24, 2.45) is 0 Å². The molecule has 9 heteroatoms. The van der Waals surface area contributed by atoms with E-state index >= 15 is 0 Å². The van der Waals surface area contributed by atoms with Gasteiger partial charge in [-0.3, -0.25) is 9.59 Å². The summed E-state index contributed by atoms with van der Waals surface area (Å²) in [6.45, 7) is 4.51. The third-order valence-electron chi connectivity index (χ3n) is 5.21. The fraction of sp³-hybridized carbons (Fsp3) is 0.524. The molecular formula is C21H28ClN5O2S. The lowest BCUT2D eigenvalue weighted by molar-refractivity contribution is -0.119. The minimum atomic E-state index is -0.328. The molecule has 1 fully saturated rings.